The number of hydrogen-bond acceptors (Lipinski definition) is 6. The smallest absolute Gasteiger partial charge is 0.325 e. The lowest BCUT2D eigenvalue weighted by atomic mass is 10.1. The molecule has 3 aromatic rings. The summed E-state index contributed by atoms with van der Waals surface area (Å²) in [5.74, 6) is 0. The summed E-state index contributed by atoms with van der Waals surface area (Å²) >= 11 is 0. The maximum atomic E-state index is 12.0. The van der Waals surface area contributed by atoms with E-state index in [4.69, 9.17) is 5.41 Å². The number of nitrogens with zero attached hydrogens (tertiary/aromatic N) is 3. The zero-order valence-corrected chi connectivity index (χ0v) is 14.9. The summed E-state index contributed by atoms with van der Waals surface area (Å²) in [7, 11) is 1.78. The summed E-state index contributed by atoms with van der Waals surface area (Å²) in [6.07, 6.45) is 8.51. The third kappa shape index (κ3) is 4.09. The molecule has 138 valence electrons. The molecule has 4 N–H and O–H groups in total. The minimum Gasteiger partial charge on any atom is -0.394 e. The van der Waals surface area contributed by atoms with Gasteiger partial charge < -0.3 is 20.3 Å². The third-order valence-electron chi connectivity index (χ3n) is 3.94. The molecule has 0 saturated carbocycles. The highest BCUT2D eigenvalue weighted by Crippen LogP contribution is 2.25. The van der Waals surface area contributed by atoms with Gasteiger partial charge in [-0.3, -0.25) is 9.78 Å². The van der Waals surface area contributed by atoms with Gasteiger partial charge in [0.25, 0.3) is 5.56 Å². The van der Waals surface area contributed by atoms with E-state index >= 15 is 0 Å². The Balaban J connectivity index is 1.93. The van der Waals surface area contributed by atoms with Gasteiger partial charge in [-0.1, -0.05) is 0 Å². The largest absolute Gasteiger partial charge is 0.394 e. The molecular weight excluding hydrogens is 346 g/mol. The summed E-state index contributed by atoms with van der Waals surface area (Å²) in [6.45, 7) is 2.26. The minimum absolute atomic E-state index is 0.238. The number of aryl methyl sites for hydroxylation is 1. The van der Waals surface area contributed by atoms with Gasteiger partial charge in [-0.05, 0) is 31.3 Å². The molecule has 0 spiro atoms. The van der Waals surface area contributed by atoms with E-state index in [1.165, 1.54) is 6.20 Å². The number of nitrogens with one attached hydrogen (secondary N) is 4. The van der Waals surface area contributed by atoms with Crippen LogP contribution in [-0.2, 0) is 6.54 Å². The average Bonchev–Trinajstić information content (AvgIpc) is 3.09. The molecule has 9 nitrogen and oxygen atoms in total. The summed E-state index contributed by atoms with van der Waals surface area (Å²) < 4.78 is 1.89. The van der Waals surface area contributed by atoms with Gasteiger partial charge in [-0.25, -0.2) is 4.79 Å². The van der Waals surface area contributed by atoms with Gasteiger partial charge >= 0.3 is 5.69 Å². The molecule has 3 rings (SSSR count). The second kappa shape index (κ2) is 7.65. The van der Waals surface area contributed by atoms with E-state index in [1.807, 2.05) is 30.0 Å². The van der Waals surface area contributed by atoms with Crippen LogP contribution in [0.1, 0.15) is 5.69 Å². The number of rotatable bonds is 6. The SMILES string of the molecule is CN/C=C\C(=N)Cn1ccc(-c2cc(-c3c[nH]c(=O)[nH]c3=O)nnc2C)c1. The molecule has 0 bridgehead atoms. The fourth-order valence-corrected chi connectivity index (χ4v) is 2.61. The van der Waals surface area contributed by atoms with Gasteiger partial charge in [0.15, 0.2) is 0 Å². The van der Waals surface area contributed by atoms with Crippen LogP contribution >= 0.6 is 0 Å². The standard InChI is InChI=1S/C18H19N7O2/c1-11-14(12-4-6-25(9-12)10-13(19)3-5-20-2)7-16(24-23-11)15-8-21-18(27)22-17(15)26/h3-9,19-20H,10H2,1-2H3,(H2,21,22,26,27)/b5-3-,19-13?. The van der Waals surface area contributed by atoms with E-state index in [2.05, 4.69) is 25.5 Å². The maximum absolute atomic E-state index is 12.0. The molecule has 0 aliphatic rings. The van der Waals surface area contributed by atoms with Crippen molar-refractivity contribution >= 4 is 5.71 Å². The van der Waals surface area contributed by atoms with Crippen molar-refractivity contribution in [1.82, 2.24) is 30.0 Å². The van der Waals surface area contributed by atoms with Crippen LogP contribution in [0.2, 0.25) is 0 Å². The molecule has 9 heteroatoms. The summed E-state index contributed by atoms with van der Waals surface area (Å²) in [4.78, 5) is 27.8. The number of aromatic nitrogens is 5. The van der Waals surface area contributed by atoms with Crippen LogP contribution in [0.15, 0.2) is 52.6 Å². The van der Waals surface area contributed by atoms with Gasteiger partial charge in [-0.15, -0.1) is 5.10 Å². The fraction of sp³-hybridized carbons (Fsp3) is 0.167. The van der Waals surface area contributed by atoms with Crippen molar-refractivity contribution in [2.24, 2.45) is 0 Å². The molecule has 0 aliphatic heterocycles. The summed E-state index contributed by atoms with van der Waals surface area (Å²) in [6, 6.07) is 3.68. The summed E-state index contributed by atoms with van der Waals surface area (Å²) in [5, 5.41) is 19.0. The average molecular weight is 365 g/mol. The van der Waals surface area contributed by atoms with Crippen molar-refractivity contribution in [3.8, 4) is 22.4 Å². The Morgan fingerprint density at radius 3 is 2.89 bits per heavy atom. The molecule has 0 atom stereocenters. The number of hydrogen-bond donors (Lipinski definition) is 4. The number of aromatic amines is 2. The number of allylic oxidation sites excluding steroid dienone is 1. The zero-order chi connectivity index (χ0) is 19.4. The predicted octanol–water partition coefficient (Wildman–Crippen LogP) is 1.05. The fourth-order valence-electron chi connectivity index (χ4n) is 2.61. The lowest BCUT2D eigenvalue weighted by molar-refractivity contribution is 0.859. The first kappa shape index (κ1) is 18.1. The lowest BCUT2D eigenvalue weighted by Gasteiger charge is -2.06. The molecule has 0 fully saturated rings. The normalized spacial score (nSPS) is 11.0. The van der Waals surface area contributed by atoms with Gasteiger partial charge in [0.2, 0.25) is 0 Å². The quantitative estimate of drug-likeness (QED) is 0.485. The van der Waals surface area contributed by atoms with Crippen molar-refractivity contribution in [1.29, 1.82) is 5.41 Å². The minimum atomic E-state index is -0.573. The Hall–Kier alpha value is -3.75. The molecule has 0 unspecified atom stereocenters. The van der Waals surface area contributed by atoms with Crippen LogP contribution in [-0.4, -0.2) is 37.5 Å². The number of H-pyrrole nitrogens is 2. The molecule has 0 radical (unpaired) electrons. The predicted molar refractivity (Wildman–Crippen MR) is 103 cm³/mol. The molecule has 3 aromatic heterocycles. The molecule has 3 heterocycles. The van der Waals surface area contributed by atoms with Crippen LogP contribution in [0, 0.1) is 12.3 Å². The van der Waals surface area contributed by atoms with Crippen LogP contribution < -0.4 is 16.6 Å². The Morgan fingerprint density at radius 1 is 1.33 bits per heavy atom. The van der Waals surface area contributed by atoms with Crippen LogP contribution in [0.25, 0.3) is 22.4 Å². The molecule has 0 aromatic carbocycles. The Kier molecular flexibility index (Phi) is 5.11. The maximum Gasteiger partial charge on any atom is 0.325 e. The van der Waals surface area contributed by atoms with Gasteiger partial charge in [0.05, 0.1) is 23.5 Å². The van der Waals surface area contributed by atoms with E-state index in [0.717, 1.165) is 11.1 Å². The molecule has 0 saturated heterocycles. The Labute approximate surface area is 154 Å². The highest BCUT2D eigenvalue weighted by molar-refractivity contribution is 5.92. The van der Waals surface area contributed by atoms with Gasteiger partial charge in [-0.2, -0.15) is 5.10 Å². The van der Waals surface area contributed by atoms with Gasteiger partial charge in [0.1, 0.15) is 5.69 Å². The van der Waals surface area contributed by atoms with Crippen LogP contribution in [0.3, 0.4) is 0 Å². The van der Waals surface area contributed by atoms with E-state index in [-0.39, 0.29) is 5.56 Å². The Morgan fingerprint density at radius 2 is 2.15 bits per heavy atom. The lowest BCUT2D eigenvalue weighted by Crippen LogP contribution is -2.22. The van der Waals surface area contributed by atoms with E-state index < -0.39 is 11.2 Å². The van der Waals surface area contributed by atoms with E-state index in [0.29, 0.717) is 23.6 Å². The summed E-state index contributed by atoms with van der Waals surface area (Å²) in [5.41, 5.74) is 2.39. The van der Waals surface area contributed by atoms with Crippen LogP contribution in [0.4, 0.5) is 0 Å². The molecule has 0 amide bonds. The first-order chi connectivity index (χ1) is 13.0. The zero-order valence-electron chi connectivity index (χ0n) is 14.9. The van der Waals surface area contributed by atoms with Crippen molar-refractivity contribution in [3.05, 3.63) is 69.5 Å². The highest BCUT2D eigenvalue weighted by Gasteiger charge is 2.12. The monoisotopic (exact) mass is 365 g/mol. The van der Waals surface area contributed by atoms with Crippen molar-refractivity contribution in [3.63, 3.8) is 0 Å². The van der Waals surface area contributed by atoms with Crippen molar-refractivity contribution < 1.29 is 0 Å². The van der Waals surface area contributed by atoms with E-state index in [9.17, 15) is 9.59 Å². The second-order valence-corrected chi connectivity index (χ2v) is 5.93. The first-order valence-corrected chi connectivity index (χ1v) is 8.22. The first-order valence-electron chi connectivity index (χ1n) is 8.22. The molecule has 0 aliphatic carbocycles. The highest BCUT2D eigenvalue weighted by atomic mass is 16.2. The van der Waals surface area contributed by atoms with E-state index in [1.54, 1.807) is 25.4 Å². The topological polar surface area (TPSA) is 132 Å². The van der Waals surface area contributed by atoms with Crippen molar-refractivity contribution in [2.45, 2.75) is 13.5 Å². The molecule has 27 heavy (non-hydrogen) atoms. The third-order valence-corrected chi connectivity index (χ3v) is 3.94. The molecular formula is C18H19N7O2. The van der Waals surface area contributed by atoms with Crippen molar-refractivity contribution in [2.75, 3.05) is 7.05 Å². The Bertz CT molecular complexity index is 1120. The van der Waals surface area contributed by atoms with Gasteiger partial charge in [0, 0.05) is 36.8 Å². The van der Waals surface area contributed by atoms with Crippen LogP contribution in [0.5, 0.6) is 0 Å². The second-order valence-electron chi connectivity index (χ2n) is 5.93.